The van der Waals surface area contributed by atoms with E-state index in [0.29, 0.717) is 13.0 Å². The molecule has 194 valence electrons. The monoisotopic (exact) mass is 490 g/mol. The molecule has 3 rings (SSSR count). The lowest BCUT2D eigenvalue weighted by Gasteiger charge is -2.24. The maximum absolute atomic E-state index is 10.8. The topological polar surface area (TPSA) is 55.8 Å². The van der Waals surface area contributed by atoms with Gasteiger partial charge in [-0.05, 0) is 70.8 Å². The summed E-state index contributed by atoms with van der Waals surface area (Å²) in [6, 6.07) is 22.2. The average molecular weight is 491 g/mol. The molecule has 0 atom stereocenters. The van der Waals surface area contributed by atoms with Gasteiger partial charge in [0.05, 0.1) is 7.11 Å². The summed E-state index contributed by atoms with van der Waals surface area (Å²) in [5.41, 5.74) is 5.58. The highest BCUT2D eigenvalue weighted by Gasteiger charge is 2.20. The van der Waals surface area contributed by atoms with Gasteiger partial charge < -0.3 is 14.6 Å². The van der Waals surface area contributed by atoms with Gasteiger partial charge in [-0.25, -0.2) is 0 Å². The predicted octanol–water partition coefficient (Wildman–Crippen LogP) is 8.47. The van der Waals surface area contributed by atoms with E-state index in [1.54, 1.807) is 13.2 Å². The number of carboxylic acid groups (broad SMARTS) is 1. The molecule has 0 fully saturated rings. The maximum atomic E-state index is 10.8. The predicted molar refractivity (Wildman–Crippen MR) is 151 cm³/mol. The normalized spacial score (nSPS) is 10.2. The number of ether oxygens (including phenoxy) is 2. The number of benzene rings is 3. The van der Waals surface area contributed by atoms with E-state index in [4.69, 9.17) is 14.6 Å². The smallest absolute Gasteiger partial charge is 0.303 e. The summed E-state index contributed by atoms with van der Waals surface area (Å²) in [7, 11) is 1.68. The van der Waals surface area contributed by atoms with Crippen molar-refractivity contribution in [2.75, 3.05) is 7.11 Å². The molecule has 4 nitrogen and oxygen atoms in total. The maximum Gasteiger partial charge on any atom is 0.303 e. The first-order valence-electron chi connectivity index (χ1n) is 12.5. The standard InChI is InChI=1S/C27H30O4.C3H6.C2H6/c1-27(2,3)25-16-20(11-13-24(25)21-8-6-9-22(17-21)30-4)18-31-23-10-5-7-19(15-23)12-14-26(28)29;1-3-2;1-2/h5-11,13,15-17H,12,14,18H2,1-4H3,(H,28,29);3H,1H2,2H3;1-2H3. The highest BCUT2D eigenvalue weighted by atomic mass is 16.5. The Kier molecular flexibility index (Phi) is 13.1. The number of aryl methyl sites for hydroxylation is 1. The van der Waals surface area contributed by atoms with Crippen molar-refractivity contribution in [2.24, 2.45) is 0 Å². The van der Waals surface area contributed by atoms with Gasteiger partial charge in [0.1, 0.15) is 18.1 Å². The number of methoxy groups -OCH3 is 1. The summed E-state index contributed by atoms with van der Waals surface area (Å²) in [6.45, 7) is 16.3. The van der Waals surface area contributed by atoms with Crippen LogP contribution in [-0.2, 0) is 23.2 Å². The minimum Gasteiger partial charge on any atom is -0.497 e. The highest BCUT2D eigenvalue weighted by Crippen LogP contribution is 2.35. The molecule has 0 amide bonds. The van der Waals surface area contributed by atoms with E-state index in [9.17, 15) is 4.79 Å². The molecule has 0 radical (unpaired) electrons. The molecule has 0 heterocycles. The Balaban J connectivity index is 0.00000120. The van der Waals surface area contributed by atoms with E-state index < -0.39 is 5.97 Å². The lowest BCUT2D eigenvalue weighted by Crippen LogP contribution is -2.13. The van der Waals surface area contributed by atoms with Gasteiger partial charge in [0.25, 0.3) is 0 Å². The molecule has 0 aliphatic carbocycles. The van der Waals surface area contributed by atoms with Crippen LogP contribution in [-0.4, -0.2) is 18.2 Å². The van der Waals surface area contributed by atoms with E-state index in [2.05, 4.69) is 57.7 Å². The van der Waals surface area contributed by atoms with Crippen LogP contribution in [0.5, 0.6) is 11.5 Å². The van der Waals surface area contributed by atoms with Crippen LogP contribution >= 0.6 is 0 Å². The van der Waals surface area contributed by atoms with Crippen molar-refractivity contribution >= 4 is 5.97 Å². The van der Waals surface area contributed by atoms with E-state index in [1.165, 1.54) is 11.1 Å². The van der Waals surface area contributed by atoms with Gasteiger partial charge >= 0.3 is 5.97 Å². The van der Waals surface area contributed by atoms with Crippen LogP contribution in [0, 0.1) is 0 Å². The number of aliphatic carboxylic acids is 1. The molecule has 0 unspecified atom stereocenters. The second-order valence-electron chi connectivity index (χ2n) is 9.10. The summed E-state index contributed by atoms with van der Waals surface area (Å²) >= 11 is 0. The van der Waals surface area contributed by atoms with E-state index in [0.717, 1.165) is 28.2 Å². The van der Waals surface area contributed by atoms with E-state index in [1.807, 2.05) is 57.2 Å². The van der Waals surface area contributed by atoms with Crippen LogP contribution in [0.1, 0.15) is 64.7 Å². The summed E-state index contributed by atoms with van der Waals surface area (Å²) in [4.78, 5) is 10.8. The van der Waals surface area contributed by atoms with Gasteiger partial charge in [-0.15, -0.1) is 6.58 Å². The molecule has 0 saturated heterocycles. The zero-order chi connectivity index (χ0) is 27.1. The third-order valence-electron chi connectivity index (χ3n) is 5.20. The Hall–Kier alpha value is -3.53. The number of allylic oxidation sites excluding steroid dienone is 1. The first-order valence-corrected chi connectivity index (χ1v) is 12.5. The van der Waals surface area contributed by atoms with Crippen molar-refractivity contribution in [2.45, 2.75) is 66.4 Å². The number of carbonyl (C=O) groups is 1. The first kappa shape index (κ1) is 30.5. The second-order valence-corrected chi connectivity index (χ2v) is 9.10. The molecule has 0 aromatic heterocycles. The zero-order valence-corrected chi connectivity index (χ0v) is 22.9. The molecule has 0 saturated carbocycles. The van der Waals surface area contributed by atoms with Crippen molar-refractivity contribution < 1.29 is 19.4 Å². The Morgan fingerprint density at radius 2 is 1.58 bits per heavy atom. The average Bonchev–Trinajstić information content (AvgIpc) is 2.87. The number of rotatable bonds is 8. The van der Waals surface area contributed by atoms with Crippen molar-refractivity contribution in [1.82, 2.24) is 0 Å². The summed E-state index contributed by atoms with van der Waals surface area (Å²) in [5, 5.41) is 8.88. The number of hydrogen-bond donors (Lipinski definition) is 1. The Morgan fingerprint density at radius 1 is 0.944 bits per heavy atom. The summed E-state index contributed by atoms with van der Waals surface area (Å²) in [6.07, 6.45) is 2.36. The molecule has 0 aliphatic heterocycles. The summed E-state index contributed by atoms with van der Waals surface area (Å²) < 4.78 is 11.4. The third kappa shape index (κ3) is 9.99. The second kappa shape index (κ2) is 15.5. The molecule has 0 spiro atoms. The van der Waals surface area contributed by atoms with Gasteiger partial charge in [0, 0.05) is 6.42 Å². The molecule has 1 N–H and O–H groups in total. The molecular weight excluding hydrogens is 448 g/mol. The van der Waals surface area contributed by atoms with Crippen LogP contribution in [0.15, 0.2) is 79.4 Å². The van der Waals surface area contributed by atoms with Crippen molar-refractivity contribution in [3.05, 3.63) is 96.1 Å². The Bertz CT molecular complexity index is 1090. The molecule has 0 aliphatic rings. The minimum absolute atomic E-state index is 0.0365. The van der Waals surface area contributed by atoms with Gasteiger partial charge in [-0.3, -0.25) is 4.79 Å². The molecular formula is C32H42O4. The van der Waals surface area contributed by atoms with Crippen molar-refractivity contribution in [3.63, 3.8) is 0 Å². The van der Waals surface area contributed by atoms with Gasteiger partial charge in [-0.1, -0.05) is 83.2 Å². The largest absolute Gasteiger partial charge is 0.497 e. The minimum atomic E-state index is -0.794. The molecule has 0 bridgehead atoms. The number of hydrogen-bond acceptors (Lipinski definition) is 3. The van der Waals surface area contributed by atoms with Crippen LogP contribution in [0.4, 0.5) is 0 Å². The van der Waals surface area contributed by atoms with Crippen LogP contribution in [0.25, 0.3) is 11.1 Å². The fraction of sp³-hybridized carbons (Fsp3) is 0.344. The molecule has 3 aromatic rings. The lowest BCUT2D eigenvalue weighted by molar-refractivity contribution is -0.136. The highest BCUT2D eigenvalue weighted by molar-refractivity contribution is 5.70. The van der Waals surface area contributed by atoms with E-state index in [-0.39, 0.29) is 11.8 Å². The SMILES string of the molecule is C=CC.CC.COc1cccc(-c2ccc(COc3cccc(CCC(=O)O)c3)cc2C(C)(C)C)c1. The fourth-order valence-corrected chi connectivity index (χ4v) is 3.55. The number of carboxylic acids is 1. The van der Waals surface area contributed by atoms with Crippen molar-refractivity contribution in [1.29, 1.82) is 0 Å². The summed E-state index contributed by atoms with van der Waals surface area (Å²) in [5.74, 6) is 0.793. The Morgan fingerprint density at radius 3 is 2.19 bits per heavy atom. The first-order chi connectivity index (χ1) is 17.2. The molecule has 36 heavy (non-hydrogen) atoms. The van der Waals surface area contributed by atoms with Crippen LogP contribution < -0.4 is 9.47 Å². The van der Waals surface area contributed by atoms with Crippen LogP contribution in [0.3, 0.4) is 0 Å². The Labute approximate surface area is 217 Å². The fourth-order valence-electron chi connectivity index (χ4n) is 3.55. The van der Waals surface area contributed by atoms with E-state index >= 15 is 0 Å². The van der Waals surface area contributed by atoms with Gasteiger partial charge in [0.2, 0.25) is 0 Å². The van der Waals surface area contributed by atoms with Gasteiger partial charge in [-0.2, -0.15) is 0 Å². The van der Waals surface area contributed by atoms with Crippen LogP contribution in [0.2, 0.25) is 0 Å². The molecule has 3 aromatic carbocycles. The lowest BCUT2D eigenvalue weighted by atomic mass is 9.81. The van der Waals surface area contributed by atoms with Crippen molar-refractivity contribution in [3.8, 4) is 22.6 Å². The zero-order valence-electron chi connectivity index (χ0n) is 22.9. The third-order valence-corrected chi connectivity index (χ3v) is 5.20. The quantitative estimate of drug-likeness (QED) is 0.322. The molecule has 4 heteroatoms. The van der Waals surface area contributed by atoms with Gasteiger partial charge in [0.15, 0.2) is 0 Å².